The summed E-state index contributed by atoms with van der Waals surface area (Å²) in [7, 11) is 3.93. The molecule has 5 N–H and O–H groups in total. The van der Waals surface area contributed by atoms with Crippen LogP contribution in [0.1, 0.15) is 15.2 Å². The van der Waals surface area contributed by atoms with E-state index in [0.717, 1.165) is 66.6 Å². The van der Waals surface area contributed by atoms with Crippen molar-refractivity contribution in [1.29, 1.82) is 0 Å². The first-order valence-electron chi connectivity index (χ1n) is 20.0. The molecule has 8 aromatic rings. The Morgan fingerprint density at radius 3 is 1.57 bits per heavy atom. The standard InChI is InChI=1S/2C22H20N4O.C2HF3O2/c2*1-15-5-3-4-6-20(15)25-22(27)24-17-9-7-16(8-10-17)19-14-26(2)21-13-23-12-11-18(19)21;3-2(4,5)1(6)7/h2*3-14H,1-2H3,(H2,24,25,27);(H,6,7)/i6T,9T,10T;;. The summed E-state index contributed by atoms with van der Waals surface area (Å²) in [4.78, 5) is 41.9. The van der Waals surface area contributed by atoms with Gasteiger partial charge in [0.05, 0.1) is 27.5 Å². The van der Waals surface area contributed by atoms with E-state index in [9.17, 15) is 22.8 Å². The molecule has 0 radical (unpaired) electrons. The van der Waals surface area contributed by atoms with Gasteiger partial charge in [0.15, 0.2) is 0 Å². The summed E-state index contributed by atoms with van der Waals surface area (Å²) >= 11 is 0. The van der Waals surface area contributed by atoms with E-state index in [2.05, 4.69) is 42.0 Å². The van der Waals surface area contributed by atoms with E-state index in [-0.39, 0.29) is 29.8 Å². The number of para-hydroxylation sites is 2. The molecule has 0 aliphatic rings. The summed E-state index contributed by atoms with van der Waals surface area (Å²) in [5.41, 5.74) is 9.73. The zero-order chi connectivity index (χ0) is 46.3. The van der Waals surface area contributed by atoms with Crippen LogP contribution in [0.15, 0.2) is 146 Å². The number of hydrogen-bond donors (Lipinski definition) is 5. The SMILES string of the molecule is Cc1ccccc1NC(=O)Nc1ccc(-c2cn(C)c3cnccc23)cc1.O=C(O)C(F)(F)F.[3H]c1cc(-c2cn(C)c3cnccc23)cc([3H])c1NC(=O)Nc1c([3H])cccc1C. The number of carboxylic acids is 1. The highest BCUT2D eigenvalue weighted by Gasteiger charge is 2.38. The zero-order valence-corrected chi connectivity index (χ0v) is 33.2. The Balaban J connectivity index is 0.000000186. The van der Waals surface area contributed by atoms with Gasteiger partial charge in [0.2, 0.25) is 0 Å². The molecule has 4 aromatic heterocycles. The summed E-state index contributed by atoms with van der Waals surface area (Å²) in [5.74, 6) is -2.76. The Labute approximate surface area is 352 Å². The second-order valence-electron chi connectivity index (χ2n) is 13.6. The van der Waals surface area contributed by atoms with Crippen molar-refractivity contribution >= 4 is 62.6 Å². The smallest absolute Gasteiger partial charge is 0.475 e. The number of aromatic nitrogens is 4. The van der Waals surface area contributed by atoms with Gasteiger partial charge in [-0.3, -0.25) is 9.97 Å². The van der Waals surface area contributed by atoms with E-state index in [1.54, 1.807) is 55.8 Å². The number of pyridine rings is 2. The number of urea groups is 2. The van der Waals surface area contributed by atoms with Crippen LogP contribution in [0, 0.1) is 13.8 Å². The monoisotopic (exact) mass is 832 g/mol. The number of alkyl halides is 3. The lowest BCUT2D eigenvalue weighted by Crippen LogP contribution is -2.21. The average molecular weight is 833 g/mol. The van der Waals surface area contributed by atoms with E-state index in [0.29, 0.717) is 5.69 Å². The molecule has 0 bridgehead atoms. The molecular formula is C46H41F3N8O4. The number of anilines is 4. The van der Waals surface area contributed by atoms with E-state index in [1.807, 2.05) is 98.6 Å². The van der Waals surface area contributed by atoms with Gasteiger partial charge in [0.1, 0.15) is 0 Å². The number of halogens is 3. The lowest BCUT2D eigenvalue weighted by molar-refractivity contribution is -0.192. The molecule has 4 amide bonds. The van der Waals surface area contributed by atoms with E-state index < -0.39 is 18.2 Å². The largest absolute Gasteiger partial charge is 0.490 e. The molecule has 0 saturated carbocycles. The summed E-state index contributed by atoms with van der Waals surface area (Å²) in [6.07, 6.45) is 6.10. The number of nitrogens with one attached hydrogen (secondary N) is 4. The molecule has 0 fully saturated rings. The Hall–Kier alpha value is -7.94. The fourth-order valence-corrected chi connectivity index (χ4v) is 6.17. The topological polar surface area (TPSA) is 155 Å². The van der Waals surface area contributed by atoms with Crippen molar-refractivity contribution in [2.75, 3.05) is 21.3 Å². The molecule has 0 spiro atoms. The van der Waals surface area contributed by atoms with Crippen molar-refractivity contribution < 1.29 is 36.8 Å². The zero-order valence-electron chi connectivity index (χ0n) is 36.2. The predicted octanol–water partition coefficient (Wildman–Crippen LogP) is 11.0. The first-order chi connectivity index (χ1) is 30.4. The molecule has 0 unspecified atom stereocenters. The number of benzene rings is 4. The molecule has 12 nitrogen and oxygen atoms in total. The highest BCUT2D eigenvalue weighted by molar-refractivity contribution is 6.02. The third-order valence-corrected chi connectivity index (χ3v) is 9.27. The van der Waals surface area contributed by atoms with E-state index in [4.69, 9.17) is 14.0 Å². The quantitative estimate of drug-likeness (QED) is 0.112. The van der Waals surface area contributed by atoms with Crippen LogP contribution >= 0.6 is 0 Å². The van der Waals surface area contributed by atoms with Crippen molar-refractivity contribution in [1.82, 2.24) is 19.1 Å². The Morgan fingerprint density at radius 1 is 0.607 bits per heavy atom. The molecule has 4 aromatic carbocycles. The fourth-order valence-electron chi connectivity index (χ4n) is 6.17. The third-order valence-electron chi connectivity index (χ3n) is 9.27. The van der Waals surface area contributed by atoms with Gasteiger partial charge in [0, 0.05) is 83.5 Å². The normalized spacial score (nSPS) is 11.5. The van der Waals surface area contributed by atoms with Crippen LogP contribution in [0.2, 0.25) is 0 Å². The van der Waals surface area contributed by atoms with Gasteiger partial charge >= 0.3 is 24.2 Å². The van der Waals surface area contributed by atoms with E-state index in [1.165, 1.54) is 0 Å². The lowest BCUT2D eigenvalue weighted by atomic mass is 10.1. The van der Waals surface area contributed by atoms with Crippen LogP contribution in [0.4, 0.5) is 45.5 Å². The fraction of sp³-hybridized carbons (Fsp3) is 0.109. The van der Waals surface area contributed by atoms with Crippen LogP contribution < -0.4 is 21.3 Å². The molecule has 15 heteroatoms. The molecule has 8 rings (SSSR count). The molecule has 4 heterocycles. The minimum atomic E-state index is -5.08. The van der Waals surface area contributed by atoms with Crippen molar-refractivity contribution in [3.8, 4) is 22.3 Å². The van der Waals surface area contributed by atoms with Gasteiger partial charge in [-0.05, 0) is 84.6 Å². The van der Waals surface area contributed by atoms with Gasteiger partial charge in [-0.2, -0.15) is 13.2 Å². The first kappa shape index (κ1) is 38.6. The average Bonchev–Trinajstić information content (AvgIpc) is 3.78. The van der Waals surface area contributed by atoms with Crippen LogP contribution in [0.5, 0.6) is 0 Å². The number of fused-ring (bicyclic) bond motifs is 2. The van der Waals surface area contributed by atoms with Gasteiger partial charge in [-0.25, -0.2) is 14.4 Å². The van der Waals surface area contributed by atoms with Gasteiger partial charge in [-0.1, -0.05) is 60.7 Å². The van der Waals surface area contributed by atoms with E-state index >= 15 is 0 Å². The highest BCUT2D eigenvalue weighted by Crippen LogP contribution is 2.32. The number of aliphatic carboxylic acids is 1. The number of hydrogen-bond acceptors (Lipinski definition) is 5. The maximum Gasteiger partial charge on any atom is 0.490 e. The summed E-state index contributed by atoms with van der Waals surface area (Å²) in [5, 5.41) is 20.2. The van der Waals surface area contributed by atoms with Crippen molar-refractivity contribution in [3.05, 3.63) is 157 Å². The van der Waals surface area contributed by atoms with Crippen LogP contribution in [-0.4, -0.2) is 48.4 Å². The first-order valence-corrected chi connectivity index (χ1v) is 18.5. The number of nitrogens with zero attached hydrogens (tertiary/aromatic N) is 4. The highest BCUT2D eigenvalue weighted by atomic mass is 19.4. The molecule has 310 valence electrons. The molecule has 0 aliphatic heterocycles. The third kappa shape index (κ3) is 10.8. The Bertz CT molecular complexity index is 2970. The Morgan fingerprint density at radius 2 is 1.07 bits per heavy atom. The molecule has 0 saturated heterocycles. The van der Waals surface area contributed by atoms with Gasteiger partial charge in [-0.15, -0.1) is 0 Å². The molecular weight excluding hydrogens is 786 g/mol. The number of rotatable bonds is 6. The number of carbonyl (C=O) groups excluding carboxylic acids is 2. The number of aryl methyl sites for hydroxylation is 4. The van der Waals surface area contributed by atoms with Crippen molar-refractivity contribution in [3.63, 3.8) is 0 Å². The molecule has 61 heavy (non-hydrogen) atoms. The van der Waals surface area contributed by atoms with Gasteiger partial charge in [0.25, 0.3) is 0 Å². The predicted molar refractivity (Wildman–Crippen MR) is 234 cm³/mol. The Kier molecular flexibility index (Phi) is 11.9. The van der Waals surface area contributed by atoms with Crippen molar-refractivity contribution in [2.24, 2.45) is 14.1 Å². The maximum atomic E-state index is 12.4. The second kappa shape index (κ2) is 18.8. The maximum absolute atomic E-state index is 12.4. The molecule has 0 atom stereocenters. The second-order valence-corrected chi connectivity index (χ2v) is 13.6. The summed E-state index contributed by atoms with van der Waals surface area (Å²) < 4.78 is 60.4. The van der Waals surface area contributed by atoms with Gasteiger partial charge < -0.3 is 35.5 Å². The van der Waals surface area contributed by atoms with Crippen LogP contribution in [-0.2, 0) is 18.9 Å². The minimum Gasteiger partial charge on any atom is -0.475 e. The van der Waals surface area contributed by atoms with Crippen LogP contribution in [0.3, 0.4) is 0 Å². The number of carboxylic acid groups (broad SMARTS) is 1. The molecule has 0 aliphatic carbocycles. The van der Waals surface area contributed by atoms with Crippen LogP contribution in [0.25, 0.3) is 44.1 Å². The van der Waals surface area contributed by atoms with Crippen molar-refractivity contribution in [2.45, 2.75) is 20.0 Å². The summed E-state index contributed by atoms with van der Waals surface area (Å²) in [6.45, 7) is 3.76. The lowest BCUT2D eigenvalue weighted by Gasteiger charge is -2.10. The number of carbonyl (C=O) groups is 3. The minimum absolute atomic E-state index is 0.0367. The number of amides is 4. The summed E-state index contributed by atoms with van der Waals surface area (Å²) in [6, 6.07) is 27.3.